The minimum absolute atomic E-state index is 0.340. The molecule has 0 spiro atoms. The Labute approximate surface area is 145 Å². The van der Waals surface area contributed by atoms with Gasteiger partial charge in [0.25, 0.3) is 0 Å². The minimum atomic E-state index is -0.871. The standard InChI is InChI=1S/C19H20F2N2O2/c1-12(2)14-7-9-15(10-8-14)23(13(3)24)11-18(25)22-19-16(20)5-4-6-17(19)21/h4-10,12H,11H2,1-3H3,(H,22,25). The number of hydrogen-bond acceptors (Lipinski definition) is 2. The number of para-hydroxylation sites is 1. The van der Waals surface area contributed by atoms with Gasteiger partial charge in [-0.15, -0.1) is 0 Å². The predicted octanol–water partition coefficient (Wildman–Crippen LogP) is 4.08. The lowest BCUT2D eigenvalue weighted by atomic mass is 10.0. The smallest absolute Gasteiger partial charge is 0.244 e. The average molecular weight is 346 g/mol. The molecule has 0 aromatic heterocycles. The van der Waals surface area contributed by atoms with Gasteiger partial charge in [-0.3, -0.25) is 9.59 Å². The zero-order valence-corrected chi connectivity index (χ0v) is 14.3. The lowest BCUT2D eigenvalue weighted by Crippen LogP contribution is -2.37. The number of hydrogen-bond donors (Lipinski definition) is 1. The minimum Gasteiger partial charge on any atom is -0.320 e. The number of benzene rings is 2. The van der Waals surface area contributed by atoms with Gasteiger partial charge >= 0.3 is 0 Å². The number of anilines is 2. The van der Waals surface area contributed by atoms with Crippen LogP contribution in [0.2, 0.25) is 0 Å². The fourth-order valence-electron chi connectivity index (χ4n) is 2.36. The Morgan fingerprint density at radius 3 is 2.08 bits per heavy atom. The monoisotopic (exact) mass is 346 g/mol. The summed E-state index contributed by atoms with van der Waals surface area (Å²) >= 11 is 0. The number of rotatable bonds is 5. The van der Waals surface area contributed by atoms with Crippen LogP contribution in [0.15, 0.2) is 42.5 Å². The maximum atomic E-state index is 13.6. The van der Waals surface area contributed by atoms with E-state index in [-0.39, 0.29) is 12.5 Å². The van der Waals surface area contributed by atoms with Crippen molar-refractivity contribution in [3.05, 3.63) is 59.7 Å². The molecule has 2 amide bonds. The van der Waals surface area contributed by atoms with E-state index in [0.717, 1.165) is 17.7 Å². The zero-order valence-electron chi connectivity index (χ0n) is 14.3. The van der Waals surface area contributed by atoms with Gasteiger partial charge in [0, 0.05) is 12.6 Å². The highest BCUT2D eigenvalue weighted by molar-refractivity contribution is 6.01. The number of carbonyl (C=O) groups is 2. The molecule has 25 heavy (non-hydrogen) atoms. The topological polar surface area (TPSA) is 49.4 Å². The molecule has 0 radical (unpaired) electrons. The van der Waals surface area contributed by atoms with Gasteiger partial charge in [0.2, 0.25) is 11.8 Å². The Kier molecular flexibility index (Phi) is 5.85. The lowest BCUT2D eigenvalue weighted by molar-refractivity contribution is -0.120. The molecule has 4 nitrogen and oxygen atoms in total. The van der Waals surface area contributed by atoms with Crippen LogP contribution in [0.3, 0.4) is 0 Å². The molecule has 0 aliphatic carbocycles. The molecule has 0 fully saturated rings. The predicted molar refractivity (Wildman–Crippen MR) is 93.5 cm³/mol. The summed E-state index contributed by atoms with van der Waals surface area (Å²) in [6.07, 6.45) is 0. The molecule has 6 heteroatoms. The van der Waals surface area contributed by atoms with Crippen molar-refractivity contribution in [2.45, 2.75) is 26.7 Å². The van der Waals surface area contributed by atoms with Gasteiger partial charge in [-0.2, -0.15) is 0 Å². The van der Waals surface area contributed by atoms with Crippen LogP contribution < -0.4 is 10.2 Å². The fourth-order valence-corrected chi connectivity index (χ4v) is 2.36. The summed E-state index contributed by atoms with van der Waals surface area (Å²) in [5, 5.41) is 2.18. The van der Waals surface area contributed by atoms with Gasteiger partial charge in [-0.25, -0.2) is 8.78 Å². The average Bonchev–Trinajstić information content (AvgIpc) is 2.56. The van der Waals surface area contributed by atoms with Crippen molar-refractivity contribution in [1.82, 2.24) is 0 Å². The molecule has 0 heterocycles. The fraction of sp³-hybridized carbons (Fsp3) is 0.263. The van der Waals surface area contributed by atoms with Crippen molar-refractivity contribution >= 4 is 23.2 Å². The largest absolute Gasteiger partial charge is 0.320 e. The maximum Gasteiger partial charge on any atom is 0.244 e. The second-order valence-electron chi connectivity index (χ2n) is 6.00. The summed E-state index contributed by atoms with van der Waals surface area (Å²) in [5.41, 5.74) is 1.12. The Bertz CT molecular complexity index is 753. The van der Waals surface area contributed by atoms with Gasteiger partial charge in [0.1, 0.15) is 23.9 Å². The van der Waals surface area contributed by atoms with E-state index >= 15 is 0 Å². The highest BCUT2D eigenvalue weighted by atomic mass is 19.1. The zero-order chi connectivity index (χ0) is 18.6. The second kappa shape index (κ2) is 7.88. The van der Waals surface area contributed by atoms with Gasteiger partial charge in [-0.05, 0) is 35.7 Å². The van der Waals surface area contributed by atoms with Crippen LogP contribution in [0.4, 0.5) is 20.2 Å². The van der Waals surface area contributed by atoms with E-state index in [2.05, 4.69) is 5.32 Å². The second-order valence-corrected chi connectivity index (χ2v) is 6.00. The third-order valence-electron chi connectivity index (χ3n) is 3.78. The Balaban J connectivity index is 2.16. The van der Waals surface area contributed by atoms with E-state index < -0.39 is 23.2 Å². The Morgan fingerprint density at radius 1 is 1.04 bits per heavy atom. The third-order valence-corrected chi connectivity index (χ3v) is 3.78. The molecule has 0 bridgehead atoms. The molecule has 0 saturated carbocycles. The van der Waals surface area contributed by atoms with E-state index in [9.17, 15) is 18.4 Å². The van der Waals surface area contributed by atoms with Crippen LogP contribution in [0.1, 0.15) is 32.3 Å². The summed E-state index contributed by atoms with van der Waals surface area (Å²) in [6.45, 7) is 5.08. The van der Waals surface area contributed by atoms with Gasteiger partial charge in [0.05, 0.1) is 0 Å². The lowest BCUT2D eigenvalue weighted by Gasteiger charge is -2.21. The molecule has 0 aliphatic heterocycles. The number of nitrogens with one attached hydrogen (secondary N) is 1. The van der Waals surface area contributed by atoms with Crippen LogP contribution in [-0.2, 0) is 9.59 Å². The molecule has 2 aromatic carbocycles. The summed E-state index contributed by atoms with van der Waals surface area (Å²) in [7, 11) is 0. The van der Waals surface area contributed by atoms with Gasteiger partial charge in [0.15, 0.2) is 0 Å². The van der Waals surface area contributed by atoms with Crippen LogP contribution in [0, 0.1) is 11.6 Å². The van der Waals surface area contributed by atoms with Crippen molar-refractivity contribution in [3.63, 3.8) is 0 Å². The van der Waals surface area contributed by atoms with Crippen molar-refractivity contribution in [2.24, 2.45) is 0 Å². The van der Waals surface area contributed by atoms with E-state index in [4.69, 9.17) is 0 Å². The van der Waals surface area contributed by atoms with Crippen molar-refractivity contribution in [2.75, 3.05) is 16.8 Å². The first-order valence-electron chi connectivity index (χ1n) is 7.91. The first kappa shape index (κ1) is 18.6. The number of nitrogens with zero attached hydrogens (tertiary/aromatic N) is 1. The number of halogens is 2. The van der Waals surface area contributed by atoms with E-state index in [0.29, 0.717) is 11.6 Å². The number of amides is 2. The summed E-state index contributed by atoms with van der Waals surface area (Å²) < 4.78 is 27.2. The van der Waals surface area contributed by atoms with Gasteiger partial charge in [-0.1, -0.05) is 32.0 Å². The van der Waals surface area contributed by atoms with E-state index in [1.807, 2.05) is 26.0 Å². The molecule has 1 N–H and O–H groups in total. The summed E-state index contributed by atoms with van der Waals surface area (Å²) in [6, 6.07) is 10.5. The van der Waals surface area contributed by atoms with Crippen molar-refractivity contribution < 1.29 is 18.4 Å². The van der Waals surface area contributed by atoms with Crippen LogP contribution in [0.25, 0.3) is 0 Å². The first-order chi connectivity index (χ1) is 11.8. The SMILES string of the molecule is CC(=O)N(CC(=O)Nc1c(F)cccc1F)c1ccc(C(C)C)cc1. The first-order valence-corrected chi connectivity index (χ1v) is 7.91. The molecule has 0 unspecified atom stereocenters. The molecule has 2 rings (SSSR count). The summed E-state index contributed by atoms with van der Waals surface area (Å²) in [5.74, 6) is -2.44. The van der Waals surface area contributed by atoms with Crippen LogP contribution in [0.5, 0.6) is 0 Å². The molecular formula is C19H20F2N2O2. The summed E-state index contributed by atoms with van der Waals surface area (Å²) in [4.78, 5) is 25.3. The molecule has 2 aromatic rings. The van der Waals surface area contributed by atoms with E-state index in [1.165, 1.54) is 17.9 Å². The van der Waals surface area contributed by atoms with Gasteiger partial charge < -0.3 is 10.2 Å². The molecular weight excluding hydrogens is 326 g/mol. The molecule has 132 valence electrons. The quantitative estimate of drug-likeness (QED) is 0.887. The van der Waals surface area contributed by atoms with Crippen molar-refractivity contribution in [3.8, 4) is 0 Å². The van der Waals surface area contributed by atoms with Crippen molar-refractivity contribution in [1.29, 1.82) is 0 Å². The van der Waals surface area contributed by atoms with Crippen LogP contribution in [-0.4, -0.2) is 18.4 Å². The normalized spacial score (nSPS) is 10.6. The number of carbonyl (C=O) groups excluding carboxylic acids is 2. The molecule has 0 saturated heterocycles. The highest BCUT2D eigenvalue weighted by Gasteiger charge is 2.18. The third kappa shape index (κ3) is 4.62. The molecule has 0 atom stereocenters. The maximum absolute atomic E-state index is 13.6. The van der Waals surface area contributed by atoms with E-state index in [1.54, 1.807) is 12.1 Å². The molecule has 0 aliphatic rings. The van der Waals surface area contributed by atoms with Crippen LogP contribution >= 0.6 is 0 Å². The Morgan fingerprint density at radius 2 is 1.60 bits per heavy atom. The Hall–Kier alpha value is -2.76. The highest BCUT2D eigenvalue weighted by Crippen LogP contribution is 2.21.